The van der Waals surface area contributed by atoms with Crippen molar-refractivity contribution in [1.82, 2.24) is 5.16 Å². The summed E-state index contributed by atoms with van der Waals surface area (Å²) in [6, 6.07) is 10.4. The molecule has 21 heavy (non-hydrogen) atoms. The van der Waals surface area contributed by atoms with E-state index in [0.29, 0.717) is 11.1 Å². The summed E-state index contributed by atoms with van der Waals surface area (Å²) in [5, 5.41) is 3.67. The number of nitrogens with two attached hydrogens (primary N) is 1. The molecule has 6 heteroatoms. The van der Waals surface area contributed by atoms with E-state index < -0.39 is 11.6 Å². The molecule has 0 saturated carbocycles. The average Bonchev–Trinajstić information content (AvgIpc) is 2.83. The Morgan fingerprint density at radius 1 is 1.10 bits per heavy atom. The third kappa shape index (κ3) is 2.54. The Morgan fingerprint density at radius 3 is 2.67 bits per heavy atom. The second-order valence-corrected chi connectivity index (χ2v) is 5.32. The molecule has 0 aliphatic carbocycles. The third-order valence-corrected chi connectivity index (χ3v) is 3.50. The lowest BCUT2D eigenvalue weighted by Crippen LogP contribution is -1.91. The molecule has 0 aliphatic heterocycles. The van der Waals surface area contributed by atoms with Crippen LogP contribution in [0.4, 0.5) is 14.6 Å². The van der Waals surface area contributed by atoms with Gasteiger partial charge in [0.25, 0.3) is 0 Å². The van der Waals surface area contributed by atoms with E-state index in [4.69, 9.17) is 10.3 Å². The highest BCUT2D eigenvalue weighted by atomic mass is 79.9. The molecule has 106 valence electrons. The van der Waals surface area contributed by atoms with Gasteiger partial charge in [-0.1, -0.05) is 33.2 Å². The van der Waals surface area contributed by atoms with Crippen LogP contribution in [-0.2, 0) is 0 Å². The lowest BCUT2D eigenvalue weighted by Gasteiger charge is -2.04. The molecule has 0 atom stereocenters. The van der Waals surface area contributed by atoms with Gasteiger partial charge >= 0.3 is 0 Å². The van der Waals surface area contributed by atoms with Gasteiger partial charge in [-0.15, -0.1) is 0 Å². The van der Waals surface area contributed by atoms with E-state index in [1.54, 1.807) is 18.2 Å². The van der Waals surface area contributed by atoms with Crippen molar-refractivity contribution in [3.05, 3.63) is 58.6 Å². The van der Waals surface area contributed by atoms with Crippen molar-refractivity contribution >= 4 is 21.7 Å². The van der Waals surface area contributed by atoms with Crippen molar-refractivity contribution in [2.24, 2.45) is 0 Å². The van der Waals surface area contributed by atoms with Crippen LogP contribution in [0.3, 0.4) is 0 Å². The molecule has 0 unspecified atom stereocenters. The topological polar surface area (TPSA) is 52.0 Å². The van der Waals surface area contributed by atoms with Gasteiger partial charge in [0.1, 0.15) is 11.6 Å². The molecule has 0 aliphatic rings. The molecule has 3 aromatic rings. The predicted octanol–water partition coefficient (Wildman–Crippen LogP) is 4.63. The van der Waals surface area contributed by atoms with E-state index in [0.717, 1.165) is 22.7 Å². The second kappa shape index (κ2) is 5.29. The van der Waals surface area contributed by atoms with Gasteiger partial charge < -0.3 is 10.3 Å². The number of hydrogen-bond donors (Lipinski definition) is 1. The van der Waals surface area contributed by atoms with Gasteiger partial charge in [-0.3, -0.25) is 0 Å². The first-order valence-corrected chi connectivity index (χ1v) is 6.82. The molecule has 3 nitrogen and oxygen atoms in total. The summed E-state index contributed by atoms with van der Waals surface area (Å²) >= 11 is 3.35. The molecule has 1 heterocycles. The van der Waals surface area contributed by atoms with Crippen LogP contribution in [0.1, 0.15) is 0 Å². The summed E-state index contributed by atoms with van der Waals surface area (Å²) in [5.74, 6) is -0.959. The fourth-order valence-corrected chi connectivity index (χ4v) is 2.48. The Bertz CT molecular complexity index is 817. The monoisotopic (exact) mass is 350 g/mol. The van der Waals surface area contributed by atoms with Gasteiger partial charge in [-0.25, -0.2) is 8.78 Å². The summed E-state index contributed by atoms with van der Waals surface area (Å²) in [6.45, 7) is 0. The minimum Gasteiger partial charge on any atom is -0.380 e. The van der Waals surface area contributed by atoms with Crippen molar-refractivity contribution in [1.29, 1.82) is 0 Å². The molecule has 0 radical (unpaired) electrons. The van der Waals surface area contributed by atoms with Crippen LogP contribution in [0.25, 0.3) is 22.5 Å². The number of benzene rings is 2. The number of nitrogen functional groups attached to an aromatic ring is 1. The van der Waals surface area contributed by atoms with E-state index >= 15 is 0 Å². The van der Waals surface area contributed by atoms with Crippen molar-refractivity contribution in [2.75, 3.05) is 5.73 Å². The Labute approximate surface area is 127 Å². The van der Waals surface area contributed by atoms with Crippen molar-refractivity contribution in [3.8, 4) is 22.5 Å². The molecular formula is C15H9BrF2N2O. The zero-order chi connectivity index (χ0) is 15.0. The SMILES string of the molecule is Nc1noc(-c2cc(F)ccc2F)c1-c1cccc(Br)c1. The van der Waals surface area contributed by atoms with Gasteiger partial charge in [0.2, 0.25) is 0 Å². The van der Waals surface area contributed by atoms with E-state index in [-0.39, 0.29) is 17.1 Å². The summed E-state index contributed by atoms with van der Waals surface area (Å²) in [7, 11) is 0. The fraction of sp³-hybridized carbons (Fsp3) is 0. The quantitative estimate of drug-likeness (QED) is 0.732. The largest absolute Gasteiger partial charge is 0.380 e. The highest BCUT2D eigenvalue weighted by molar-refractivity contribution is 9.10. The molecule has 0 fully saturated rings. The van der Waals surface area contributed by atoms with Crippen LogP contribution in [0.15, 0.2) is 51.5 Å². The maximum absolute atomic E-state index is 13.9. The Hall–Kier alpha value is -2.21. The molecule has 0 amide bonds. The fourth-order valence-electron chi connectivity index (χ4n) is 2.08. The zero-order valence-electron chi connectivity index (χ0n) is 10.6. The lowest BCUT2D eigenvalue weighted by atomic mass is 10.0. The maximum atomic E-state index is 13.9. The predicted molar refractivity (Wildman–Crippen MR) is 79.4 cm³/mol. The molecule has 0 saturated heterocycles. The Kier molecular flexibility index (Phi) is 3.47. The highest BCUT2D eigenvalue weighted by Crippen LogP contribution is 2.38. The Balaban J connectivity index is 2.24. The van der Waals surface area contributed by atoms with Crippen molar-refractivity contribution < 1.29 is 13.3 Å². The van der Waals surface area contributed by atoms with Gasteiger partial charge in [-0.2, -0.15) is 0 Å². The number of halogens is 3. The van der Waals surface area contributed by atoms with Crippen LogP contribution in [-0.4, -0.2) is 5.16 Å². The minimum absolute atomic E-state index is 0.0193. The minimum atomic E-state index is -0.608. The molecule has 0 bridgehead atoms. The van der Waals surface area contributed by atoms with E-state index in [2.05, 4.69) is 21.1 Å². The number of nitrogens with zero attached hydrogens (tertiary/aromatic N) is 1. The average molecular weight is 351 g/mol. The second-order valence-electron chi connectivity index (χ2n) is 4.41. The Morgan fingerprint density at radius 2 is 1.90 bits per heavy atom. The standard InChI is InChI=1S/C15H9BrF2N2O/c16-9-3-1-2-8(6-9)13-14(21-20-15(13)19)11-7-10(17)4-5-12(11)18/h1-7H,(H2,19,20). The maximum Gasteiger partial charge on any atom is 0.179 e. The van der Waals surface area contributed by atoms with Crippen LogP contribution in [0.5, 0.6) is 0 Å². The first-order chi connectivity index (χ1) is 10.1. The normalized spacial score (nSPS) is 10.8. The van der Waals surface area contributed by atoms with Gasteiger partial charge in [0, 0.05) is 4.47 Å². The van der Waals surface area contributed by atoms with Gasteiger partial charge in [-0.05, 0) is 35.9 Å². The van der Waals surface area contributed by atoms with Crippen LogP contribution < -0.4 is 5.73 Å². The van der Waals surface area contributed by atoms with E-state index in [1.165, 1.54) is 0 Å². The van der Waals surface area contributed by atoms with Crippen molar-refractivity contribution in [2.45, 2.75) is 0 Å². The lowest BCUT2D eigenvalue weighted by molar-refractivity contribution is 0.433. The molecule has 3 rings (SSSR count). The summed E-state index contributed by atoms with van der Waals surface area (Å²) < 4.78 is 33.2. The smallest absolute Gasteiger partial charge is 0.179 e. The number of anilines is 1. The first kappa shape index (κ1) is 13.8. The van der Waals surface area contributed by atoms with Crippen molar-refractivity contribution in [3.63, 3.8) is 0 Å². The van der Waals surface area contributed by atoms with E-state index in [1.807, 2.05) is 6.07 Å². The highest BCUT2D eigenvalue weighted by Gasteiger charge is 2.21. The van der Waals surface area contributed by atoms with Crippen LogP contribution >= 0.6 is 15.9 Å². The summed E-state index contributed by atoms with van der Waals surface area (Å²) in [6.07, 6.45) is 0. The van der Waals surface area contributed by atoms with E-state index in [9.17, 15) is 8.78 Å². The summed E-state index contributed by atoms with van der Waals surface area (Å²) in [5.41, 5.74) is 6.92. The summed E-state index contributed by atoms with van der Waals surface area (Å²) in [4.78, 5) is 0. The molecule has 1 aromatic heterocycles. The third-order valence-electron chi connectivity index (χ3n) is 3.00. The first-order valence-electron chi connectivity index (χ1n) is 6.03. The number of hydrogen-bond acceptors (Lipinski definition) is 3. The molecule has 2 N–H and O–H groups in total. The van der Waals surface area contributed by atoms with Crippen LogP contribution in [0.2, 0.25) is 0 Å². The molecular weight excluding hydrogens is 342 g/mol. The number of rotatable bonds is 2. The molecule has 2 aromatic carbocycles. The zero-order valence-corrected chi connectivity index (χ0v) is 12.2. The number of aromatic nitrogens is 1. The van der Waals surface area contributed by atoms with Gasteiger partial charge in [0.05, 0.1) is 11.1 Å². The van der Waals surface area contributed by atoms with Crippen LogP contribution in [0, 0.1) is 11.6 Å². The van der Waals surface area contributed by atoms with Gasteiger partial charge in [0.15, 0.2) is 11.6 Å². The molecule has 0 spiro atoms.